The van der Waals surface area contributed by atoms with Crippen molar-refractivity contribution in [1.82, 2.24) is 30.1 Å². The van der Waals surface area contributed by atoms with Crippen molar-refractivity contribution in [3.63, 3.8) is 0 Å². The molecule has 0 saturated carbocycles. The Labute approximate surface area is 133 Å². The first-order valence-corrected chi connectivity index (χ1v) is 8.22. The van der Waals surface area contributed by atoms with Gasteiger partial charge in [-0.1, -0.05) is 21.6 Å². The molecule has 0 bridgehead atoms. The molecule has 9 heteroatoms. The van der Waals surface area contributed by atoms with Gasteiger partial charge in [0, 0.05) is 19.1 Å². The first kappa shape index (κ1) is 15.3. The quantitative estimate of drug-likeness (QED) is 0.777. The molecule has 2 aromatic heterocycles. The summed E-state index contributed by atoms with van der Waals surface area (Å²) >= 11 is 1.44. The average molecular weight is 324 g/mol. The molecule has 0 aromatic carbocycles. The van der Waals surface area contributed by atoms with E-state index in [4.69, 9.17) is 9.47 Å². The van der Waals surface area contributed by atoms with E-state index in [-0.39, 0.29) is 0 Å². The highest BCUT2D eigenvalue weighted by Crippen LogP contribution is 2.18. The lowest BCUT2D eigenvalue weighted by atomic mass is 10.2. The van der Waals surface area contributed by atoms with Crippen molar-refractivity contribution in [2.75, 3.05) is 26.4 Å². The molecule has 1 atom stereocenters. The molecular weight excluding hydrogens is 304 g/mol. The van der Waals surface area contributed by atoms with E-state index in [0.717, 1.165) is 37.0 Å². The van der Waals surface area contributed by atoms with Crippen LogP contribution in [0.1, 0.15) is 24.5 Å². The van der Waals surface area contributed by atoms with Gasteiger partial charge in [0.2, 0.25) is 0 Å². The van der Waals surface area contributed by atoms with Gasteiger partial charge in [-0.3, -0.25) is 4.90 Å². The molecule has 1 aliphatic rings. The maximum atomic E-state index is 5.45. The lowest BCUT2D eigenvalue weighted by molar-refractivity contribution is -0.00492. The molecule has 2 aromatic rings. The smallest absolute Gasteiger partial charge is 0.294 e. The van der Waals surface area contributed by atoms with E-state index in [9.17, 15) is 0 Å². The molecule has 0 spiro atoms. The van der Waals surface area contributed by atoms with E-state index in [1.807, 2.05) is 13.1 Å². The Balaban J connectivity index is 1.58. The maximum absolute atomic E-state index is 5.45. The Morgan fingerprint density at radius 2 is 2.27 bits per heavy atom. The van der Waals surface area contributed by atoms with Crippen LogP contribution in [-0.4, -0.2) is 62.5 Å². The van der Waals surface area contributed by atoms with Crippen molar-refractivity contribution in [2.24, 2.45) is 0 Å². The summed E-state index contributed by atoms with van der Waals surface area (Å²) < 4.78 is 12.6. The van der Waals surface area contributed by atoms with Gasteiger partial charge in [0.25, 0.3) is 5.19 Å². The summed E-state index contributed by atoms with van der Waals surface area (Å²) in [7, 11) is 0. The molecule has 0 N–H and O–H groups in total. The molecule has 1 fully saturated rings. The van der Waals surface area contributed by atoms with Crippen LogP contribution in [0, 0.1) is 0 Å². The fourth-order valence-corrected chi connectivity index (χ4v) is 3.05. The predicted molar refractivity (Wildman–Crippen MR) is 80.9 cm³/mol. The van der Waals surface area contributed by atoms with Crippen molar-refractivity contribution < 1.29 is 9.47 Å². The van der Waals surface area contributed by atoms with Crippen LogP contribution in [0.2, 0.25) is 0 Å². The number of aromatic nitrogens is 5. The first-order valence-electron chi connectivity index (χ1n) is 7.40. The molecule has 3 rings (SSSR count). The van der Waals surface area contributed by atoms with Gasteiger partial charge < -0.3 is 9.47 Å². The highest BCUT2D eigenvalue weighted by molar-refractivity contribution is 7.13. The largest absolute Gasteiger partial charge is 0.469 e. The SMILES string of the molecule is CCOc1nnc(Cn2cc(CN3CCOC[C@H]3C)nn2)s1. The van der Waals surface area contributed by atoms with E-state index in [1.54, 1.807) is 4.68 Å². The Hall–Kier alpha value is -1.58. The summed E-state index contributed by atoms with van der Waals surface area (Å²) in [6.07, 6.45) is 1.96. The number of hydrogen-bond donors (Lipinski definition) is 0. The van der Waals surface area contributed by atoms with Gasteiger partial charge in [-0.25, -0.2) is 4.68 Å². The van der Waals surface area contributed by atoms with Gasteiger partial charge in [-0.2, -0.15) is 0 Å². The van der Waals surface area contributed by atoms with Crippen molar-refractivity contribution in [1.29, 1.82) is 0 Å². The molecule has 0 aliphatic carbocycles. The van der Waals surface area contributed by atoms with E-state index in [2.05, 4.69) is 32.3 Å². The zero-order chi connectivity index (χ0) is 15.4. The monoisotopic (exact) mass is 324 g/mol. The topological polar surface area (TPSA) is 78.2 Å². The third-order valence-electron chi connectivity index (χ3n) is 3.47. The summed E-state index contributed by atoms with van der Waals surface area (Å²) in [6.45, 7) is 8.54. The third-order valence-corrected chi connectivity index (χ3v) is 4.29. The van der Waals surface area contributed by atoms with E-state index >= 15 is 0 Å². The van der Waals surface area contributed by atoms with Crippen molar-refractivity contribution in [3.8, 4) is 5.19 Å². The Morgan fingerprint density at radius 3 is 3.09 bits per heavy atom. The molecular formula is C13H20N6O2S. The van der Waals surface area contributed by atoms with Crippen molar-refractivity contribution >= 4 is 11.3 Å². The molecule has 0 radical (unpaired) electrons. The molecule has 22 heavy (non-hydrogen) atoms. The summed E-state index contributed by atoms with van der Waals surface area (Å²) in [4.78, 5) is 2.36. The van der Waals surface area contributed by atoms with Crippen LogP contribution < -0.4 is 4.74 Å². The Morgan fingerprint density at radius 1 is 1.36 bits per heavy atom. The summed E-state index contributed by atoms with van der Waals surface area (Å²) in [5, 5.41) is 17.9. The minimum atomic E-state index is 0.413. The number of hydrogen-bond acceptors (Lipinski definition) is 8. The van der Waals surface area contributed by atoms with Crippen molar-refractivity contribution in [2.45, 2.75) is 33.0 Å². The lowest BCUT2D eigenvalue weighted by Crippen LogP contribution is -2.42. The molecule has 1 saturated heterocycles. The summed E-state index contributed by atoms with van der Waals surface area (Å²) in [5.41, 5.74) is 0.961. The van der Waals surface area contributed by atoms with Crippen LogP contribution in [0.25, 0.3) is 0 Å². The van der Waals surface area contributed by atoms with Gasteiger partial charge >= 0.3 is 0 Å². The van der Waals surface area contributed by atoms with Crippen molar-refractivity contribution in [3.05, 3.63) is 16.9 Å². The van der Waals surface area contributed by atoms with Crippen LogP contribution in [0.4, 0.5) is 0 Å². The first-order chi connectivity index (χ1) is 10.7. The minimum Gasteiger partial charge on any atom is -0.469 e. The van der Waals surface area contributed by atoms with Gasteiger partial charge in [-0.05, 0) is 13.8 Å². The van der Waals surface area contributed by atoms with E-state index in [1.165, 1.54) is 11.3 Å². The van der Waals surface area contributed by atoms with E-state index in [0.29, 0.717) is 24.4 Å². The third kappa shape index (κ3) is 3.79. The average Bonchev–Trinajstić information content (AvgIpc) is 3.12. The second-order valence-electron chi connectivity index (χ2n) is 5.20. The Kier molecular flexibility index (Phi) is 4.96. The normalized spacial score (nSPS) is 19.5. The standard InChI is InChI=1S/C13H20N6O2S/c1-3-21-13-16-15-12(22-13)8-19-7-11(14-17-19)6-18-4-5-20-9-10(18)2/h7,10H,3-6,8-9H2,1-2H3/t10-/m1/s1. The molecule has 1 aliphatic heterocycles. The van der Waals surface area contributed by atoms with Gasteiger partial charge in [0.05, 0.1) is 38.3 Å². The molecule has 8 nitrogen and oxygen atoms in total. The molecule has 3 heterocycles. The van der Waals surface area contributed by atoms with Gasteiger partial charge in [0.1, 0.15) is 5.01 Å². The zero-order valence-electron chi connectivity index (χ0n) is 12.8. The van der Waals surface area contributed by atoms with Crippen LogP contribution in [0.3, 0.4) is 0 Å². The predicted octanol–water partition coefficient (Wildman–Crippen LogP) is 0.797. The van der Waals surface area contributed by atoms with Crippen LogP contribution in [0.15, 0.2) is 6.20 Å². The fourth-order valence-electron chi connectivity index (χ4n) is 2.32. The Bertz CT molecular complexity index is 601. The number of morpholine rings is 1. The molecule has 120 valence electrons. The van der Waals surface area contributed by atoms with Gasteiger partial charge in [-0.15, -0.1) is 10.2 Å². The molecule has 0 unspecified atom stereocenters. The lowest BCUT2D eigenvalue weighted by Gasteiger charge is -2.32. The zero-order valence-corrected chi connectivity index (χ0v) is 13.6. The van der Waals surface area contributed by atoms with Crippen LogP contribution in [0.5, 0.6) is 5.19 Å². The summed E-state index contributed by atoms with van der Waals surface area (Å²) in [5.74, 6) is 0. The second kappa shape index (κ2) is 7.12. The summed E-state index contributed by atoms with van der Waals surface area (Å²) in [6, 6.07) is 0.413. The fraction of sp³-hybridized carbons (Fsp3) is 0.692. The number of nitrogens with zero attached hydrogens (tertiary/aromatic N) is 6. The highest BCUT2D eigenvalue weighted by atomic mass is 32.1. The van der Waals surface area contributed by atoms with Gasteiger partial charge in [0.15, 0.2) is 0 Å². The molecule has 0 amide bonds. The minimum absolute atomic E-state index is 0.413. The van der Waals surface area contributed by atoms with Crippen LogP contribution in [-0.2, 0) is 17.8 Å². The number of ether oxygens (including phenoxy) is 2. The second-order valence-corrected chi connectivity index (χ2v) is 6.22. The maximum Gasteiger partial charge on any atom is 0.294 e. The number of rotatable bonds is 6. The highest BCUT2D eigenvalue weighted by Gasteiger charge is 2.20. The van der Waals surface area contributed by atoms with E-state index < -0.39 is 0 Å². The van der Waals surface area contributed by atoms with Crippen LogP contribution >= 0.6 is 11.3 Å².